The second-order valence-electron chi connectivity index (χ2n) is 5.58. The molecule has 0 saturated carbocycles. The van der Waals surface area contributed by atoms with E-state index in [9.17, 15) is 4.79 Å². The second-order valence-corrected chi connectivity index (χ2v) is 7.58. The van der Waals surface area contributed by atoms with Gasteiger partial charge in [0.15, 0.2) is 0 Å². The molecular formula is C21H16O2S2. The van der Waals surface area contributed by atoms with Crippen molar-refractivity contribution < 1.29 is 9.53 Å². The van der Waals surface area contributed by atoms with Gasteiger partial charge in [0.25, 0.3) is 0 Å². The number of benzene rings is 2. The Morgan fingerprint density at radius 2 is 1.88 bits per heavy atom. The van der Waals surface area contributed by atoms with Crippen molar-refractivity contribution in [2.24, 2.45) is 0 Å². The third-order valence-corrected chi connectivity index (χ3v) is 6.16. The van der Waals surface area contributed by atoms with Gasteiger partial charge in [-0.25, -0.2) is 4.79 Å². The van der Waals surface area contributed by atoms with E-state index < -0.39 is 0 Å². The van der Waals surface area contributed by atoms with Gasteiger partial charge in [0.2, 0.25) is 0 Å². The van der Waals surface area contributed by atoms with Gasteiger partial charge in [-0.3, -0.25) is 0 Å². The molecule has 0 spiro atoms. The van der Waals surface area contributed by atoms with Crippen LogP contribution in [0, 0.1) is 0 Å². The summed E-state index contributed by atoms with van der Waals surface area (Å²) in [5.41, 5.74) is 1.66. The molecule has 0 amide bonds. The predicted octanol–water partition coefficient (Wildman–Crippen LogP) is 6.22. The Morgan fingerprint density at radius 1 is 1.04 bits per heavy atom. The topological polar surface area (TPSA) is 26.3 Å². The maximum atomic E-state index is 12.5. The number of hydrogen-bond donors (Lipinski definition) is 0. The van der Waals surface area contributed by atoms with E-state index in [2.05, 4.69) is 36.4 Å². The molecule has 2 aromatic carbocycles. The highest BCUT2D eigenvalue weighted by molar-refractivity contribution is 7.26. The van der Waals surface area contributed by atoms with E-state index in [4.69, 9.17) is 4.74 Å². The Balaban J connectivity index is 1.92. The van der Waals surface area contributed by atoms with Gasteiger partial charge in [-0.2, -0.15) is 0 Å². The van der Waals surface area contributed by atoms with Crippen LogP contribution in [0.5, 0.6) is 0 Å². The SMILES string of the molecule is CCOC(=O)/C(=C\c1cccc2c1sc1ccccc12)c1cccs1. The molecule has 0 fully saturated rings. The van der Waals surface area contributed by atoms with E-state index in [1.165, 1.54) is 20.2 Å². The molecule has 0 aliphatic carbocycles. The summed E-state index contributed by atoms with van der Waals surface area (Å²) in [6.45, 7) is 2.20. The first-order chi connectivity index (χ1) is 12.3. The molecule has 2 aromatic heterocycles. The second kappa shape index (κ2) is 6.82. The van der Waals surface area contributed by atoms with Gasteiger partial charge < -0.3 is 4.74 Å². The Kier molecular flexibility index (Phi) is 4.38. The van der Waals surface area contributed by atoms with Crippen molar-refractivity contribution in [3.05, 3.63) is 70.4 Å². The third kappa shape index (κ3) is 2.99. The lowest BCUT2D eigenvalue weighted by Gasteiger charge is -2.06. The molecule has 0 saturated heterocycles. The standard InChI is InChI=1S/C21H16O2S2/c1-2-23-21(22)17(18-11-6-12-24-18)13-14-7-5-9-16-15-8-3-4-10-19(15)25-20(14)16/h3-13H,2H2,1H3/b17-13-. The van der Waals surface area contributed by atoms with E-state index in [0.717, 1.165) is 10.4 Å². The van der Waals surface area contributed by atoms with Crippen LogP contribution in [0.15, 0.2) is 60.0 Å². The normalized spacial score (nSPS) is 12.0. The number of rotatable bonds is 4. The van der Waals surface area contributed by atoms with Crippen LogP contribution in [0.25, 0.3) is 31.8 Å². The van der Waals surface area contributed by atoms with E-state index in [0.29, 0.717) is 12.2 Å². The molecular weight excluding hydrogens is 348 g/mol. The number of hydrogen-bond acceptors (Lipinski definition) is 4. The summed E-state index contributed by atoms with van der Waals surface area (Å²) in [6.07, 6.45) is 1.96. The van der Waals surface area contributed by atoms with Crippen molar-refractivity contribution in [3.63, 3.8) is 0 Å². The molecule has 124 valence electrons. The van der Waals surface area contributed by atoms with Crippen molar-refractivity contribution in [1.82, 2.24) is 0 Å². The highest BCUT2D eigenvalue weighted by Gasteiger charge is 2.16. The number of carbonyl (C=O) groups is 1. The van der Waals surface area contributed by atoms with Crippen LogP contribution in [0.2, 0.25) is 0 Å². The Morgan fingerprint density at radius 3 is 2.68 bits per heavy atom. The molecule has 0 aliphatic heterocycles. The van der Waals surface area contributed by atoms with Crippen molar-refractivity contribution in [2.75, 3.05) is 6.61 Å². The number of fused-ring (bicyclic) bond motifs is 3. The zero-order valence-corrected chi connectivity index (χ0v) is 15.3. The third-order valence-electron chi connectivity index (χ3n) is 4.02. The first-order valence-corrected chi connectivity index (χ1v) is 9.80. The summed E-state index contributed by atoms with van der Waals surface area (Å²) in [4.78, 5) is 13.4. The van der Waals surface area contributed by atoms with Gasteiger partial charge in [-0.05, 0) is 36.1 Å². The van der Waals surface area contributed by atoms with Crippen LogP contribution in [-0.4, -0.2) is 12.6 Å². The number of esters is 1. The highest BCUT2D eigenvalue weighted by atomic mass is 32.1. The Hall–Kier alpha value is -2.43. The van der Waals surface area contributed by atoms with Crippen LogP contribution in [0.4, 0.5) is 0 Å². The molecule has 2 heterocycles. The van der Waals surface area contributed by atoms with Crippen molar-refractivity contribution in [2.45, 2.75) is 6.92 Å². The summed E-state index contributed by atoms with van der Waals surface area (Å²) < 4.78 is 7.73. The summed E-state index contributed by atoms with van der Waals surface area (Å²) in [6, 6.07) is 18.6. The lowest BCUT2D eigenvalue weighted by molar-refractivity contribution is -0.136. The highest BCUT2D eigenvalue weighted by Crippen LogP contribution is 2.37. The lowest BCUT2D eigenvalue weighted by Crippen LogP contribution is -2.05. The van der Waals surface area contributed by atoms with Crippen molar-refractivity contribution >= 4 is 60.5 Å². The van der Waals surface area contributed by atoms with Crippen LogP contribution in [-0.2, 0) is 9.53 Å². The average molecular weight is 364 g/mol. The fraction of sp³-hybridized carbons (Fsp3) is 0.0952. The largest absolute Gasteiger partial charge is 0.462 e. The minimum absolute atomic E-state index is 0.275. The Bertz CT molecular complexity index is 1070. The monoisotopic (exact) mass is 364 g/mol. The fourth-order valence-electron chi connectivity index (χ4n) is 2.91. The average Bonchev–Trinajstić information content (AvgIpc) is 3.28. The van der Waals surface area contributed by atoms with E-state index in [-0.39, 0.29) is 5.97 Å². The molecule has 0 atom stereocenters. The summed E-state index contributed by atoms with van der Waals surface area (Å²) in [7, 11) is 0. The van der Waals surface area contributed by atoms with Gasteiger partial charge in [0.1, 0.15) is 0 Å². The lowest BCUT2D eigenvalue weighted by atomic mass is 10.1. The van der Waals surface area contributed by atoms with Crippen LogP contribution >= 0.6 is 22.7 Å². The van der Waals surface area contributed by atoms with Crippen LogP contribution in [0.3, 0.4) is 0 Å². The number of carbonyl (C=O) groups excluding carboxylic acids is 1. The van der Waals surface area contributed by atoms with Gasteiger partial charge in [-0.15, -0.1) is 22.7 Å². The molecule has 0 N–H and O–H groups in total. The summed E-state index contributed by atoms with van der Waals surface area (Å²) in [5, 5.41) is 4.46. The van der Waals surface area contributed by atoms with Gasteiger partial charge >= 0.3 is 5.97 Å². The van der Waals surface area contributed by atoms with Crippen molar-refractivity contribution in [3.8, 4) is 0 Å². The Labute approximate surface area is 154 Å². The quantitative estimate of drug-likeness (QED) is 0.317. The zero-order valence-electron chi connectivity index (χ0n) is 13.7. The van der Waals surface area contributed by atoms with Crippen LogP contribution in [0.1, 0.15) is 17.4 Å². The first kappa shape index (κ1) is 16.1. The maximum absolute atomic E-state index is 12.5. The molecule has 4 aromatic rings. The van der Waals surface area contributed by atoms with Gasteiger partial charge in [0, 0.05) is 25.0 Å². The molecule has 0 aliphatic rings. The minimum Gasteiger partial charge on any atom is -0.462 e. The molecule has 2 nitrogen and oxygen atoms in total. The van der Waals surface area contributed by atoms with E-state index >= 15 is 0 Å². The molecule has 4 rings (SSSR count). The van der Waals surface area contributed by atoms with E-state index in [1.807, 2.05) is 36.6 Å². The van der Waals surface area contributed by atoms with Crippen molar-refractivity contribution in [1.29, 1.82) is 0 Å². The summed E-state index contributed by atoms with van der Waals surface area (Å²) >= 11 is 3.31. The molecule has 0 bridgehead atoms. The molecule has 25 heavy (non-hydrogen) atoms. The van der Waals surface area contributed by atoms with Crippen LogP contribution < -0.4 is 0 Å². The fourth-order valence-corrected chi connectivity index (χ4v) is 4.83. The smallest absolute Gasteiger partial charge is 0.339 e. The number of ether oxygens (including phenoxy) is 1. The first-order valence-electron chi connectivity index (χ1n) is 8.11. The minimum atomic E-state index is -0.275. The maximum Gasteiger partial charge on any atom is 0.339 e. The predicted molar refractivity (Wildman–Crippen MR) is 108 cm³/mol. The van der Waals surface area contributed by atoms with Gasteiger partial charge in [0.05, 0.1) is 12.2 Å². The molecule has 0 unspecified atom stereocenters. The molecule has 0 radical (unpaired) electrons. The van der Waals surface area contributed by atoms with E-state index in [1.54, 1.807) is 22.7 Å². The number of thiophene rings is 2. The summed E-state index contributed by atoms with van der Waals surface area (Å²) in [5.74, 6) is -0.275. The molecule has 4 heteroatoms. The van der Waals surface area contributed by atoms with Gasteiger partial charge in [-0.1, -0.05) is 42.5 Å². The zero-order chi connectivity index (χ0) is 17.2.